The van der Waals surface area contributed by atoms with E-state index in [1.807, 2.05) is 6.92 Å². The van der Waals surface area contributed by atoms with Crippen LogP contribution < -0.4 is 4.74 Å². The van der Waals surface area contributed by atoms with Crippen molar-refractivity contribution >= 4 is 29.4 Å². The monoisotopic (exact) mass is 392 g/mol. The molecule has 1 saturated carbocycles. The quantitative estimate of drug-likeness (QED) is 0.583. The fourth-order valence-electron chi connectivity index (χ4n) is 4.18. The second-order valence-corrected chi connectivity index (χ2v) is 7.78. The summed E-state index contributed by atoms with van der Waals surface area (Å²) in [5.74, 6) is -0.778. The Morgan fingerprint density at radius 3 is 2.70 bits per heavy atom. The molecule has 2 atom stereocenters. The molecule has 27 heavy (non-hydrogen) atoms. The van der Waals surface area contributed by atoms with Gasteiger partial charge in [-0.25, -0.2) is 4.79 Å². The van der Waals surface area contributed by atoms with Crippen molar-refractivity contribution < 1.29 is 23.9 Å². The van der Waals surface area contributed by atoms with E-state index in [2.05, 4.69) is 0 Å². The number of carbonyl (C=O) groups is 3. The maximum Gasteiger partial charge on any atom is 0.334 e. The van der Waals surface area contributed by atoms with Gasteiger partial charge in [-0.15, -0.1) is 0 Å². The molecule has 4 rings (SSSR count). The average molecular weight is 393 g/mol. The summed E-state index contributed by atoms with van der Waals surface area (Å²) >= 11 is 6.16. The van der Waals surface area contributed by atoms with Gasteiger partial charge in [0.05, 0.1) is 13.2 Å². The highest BCUT2D eigenvalue weighted by atomic mass is 35.5. The average Bonchev–Trinajstić information content (AvgIpc) is 2.86. The number of carbonyl (C=O) groups excluding carboxylic acids is 3. The number of amides is 4. The lowest BCUT2D eigenvalue weighted by Gasteiger charge is -2.34. The van der Waals surface area contributed by atoms with Crippen LogP contribution in [-0.4, -0.2) is 40.5 Å². The van der Waals surface area contributed by atoms with E-state index >= 15 is 0 Å². The molecule has 0 N–H and O–H groups in total. The molecular weight excluding hydrogens is 372 g/mol. The molecule has 4 amide bonds. The molecule has 0 spiro atoms. The Labute approximate surface area is 162 Å². The number of hydrogen-bond acceptors (Lipinski definition) is 5. The van der Waals surface area contributed by atoms with E-state index in [-0.39, 0.29) is 25.3 Å². The number of urea groups is 1. The Morgan fingerprint density at radius 1 is 1.15 bits per heavy atom. The molecule has 144 valence electrons. The summed E-state index contributed by atoms with van der Waals surface area (Å²) in [6.45, 7) is 2.41. The predicted molar refractivity (Wildman–Crippen MR) is 95.9 cm³/mol. The van der Waals surface area contributed by atoms with Crippen molar-refractivity contribution in [2.24, 2.45) is 5.92 Å². The Morgan fingerprint density at radius 2 is 1.93 bits per heavy atom. The molecule has 0 bridgehead atoms. The van der Waals surface area contributed by atoms with Crippen LogP contribution in [0.3, 0.4) is 0 Å². The standard InChI is InChI=1S/C19H21ClN2O5/c1-11-4-2-3-5-15(11)22-18(24)17(23)21(19(22)25)8-12-6-14(20)7-13-9-26-10-27-16(12)13/h6-7,11,15H,2-5,8-10H2,1H3/t11-,15-/m1/s1. The minimum Gasteiger partial charge on any atom is -0.467 e. The Kier molecular flexibility index (Phi) is 4.82. The van der Waals surface area contributed by atoms with Crippen molar-refractivity contribution in [2.45, 2.75) is 51.8 Å². The van der Waals surface area contributed by atoms with Crippen molar-refractivity contribution in [1.82, 2.24) is 9.80 Å². The molecule has 2 heterocycles. The highest BCUT2D eigenvalue weighted by molar-refractivity contribution is 6.44. The third kappa shape index (κ3) is 3.19. The normalized spacial score (nSPS) is 25.6. The zero-order valence-electron chi connectivity index (χ0n) is 15.1. The van der Waals surface area contributed by atoms with Crippen LogP contribution in [0.4, 0.5) is 4.79 Å². The van der Waals surface area contributed by atoms with Crippen molar-refractivity contribution in [3.63, 3.8) is 0 Å². The molecule has 3 aliphatic rings. The van der Waals surface area contributed by atoms with Crippen LogP contribution >= 0.6 is 11.6 Å². The third-order valence-corrected chi connectivity index (χ3v) is 5.78. The van der Waals surface area contributed by atoms with Gasteiger partial charge in [0.25, 0.3) is 0 Å². The maximum atomic E-state index is 12.9. The number of nitrogens with zero attached hydrogens (tertiary/aromatic N) is 2. The molecule has 2 aliphatic heterocycles. The summed E-state index contributed by atoms with van der Waals surface area (Å²) in [5.41, 5.74) is 1.35. The fourth-order valence-corrected chi connectivity index (χ4v) is 4.44. The molecule has 2 fully saturated rings. The van der Waals surface area contributed by atoms with Gasteiger partial charge in [0.2, 0.25) is 0 Å². The smallest absolute Gasteiger partial charge is 0.334 e. The zero-order valence-corrected chi connectivity index (χ0v) is 15.8. The lowest BCUT2D eigenvalue weighted by atomic mass is 9.85. The third-order valence-electron chi connectivity index (χ3n) is 5.56. The Balaban J connectivity index is 1.62. The van der Waals surface area contributed by atoms with Gasteiger partial charge in [0, 0.05) is 22.2 Å². The van der Waals surface area contributed by atoms with Gasteiger partial charge in [0.1, 0.15) is 5.75 Å². The van der Waals surface area contributed by atoms with Crippen LogP contribution in [0.25, 0.3) is 0 Å². The number of halogens is 1. The van der Waals surface area contributed by atoms with Gasteiger partial charge in [0.15, 0.2) is 6.79 Å². The van der Waals surface area contributed by atoms with Gasteiger partial charge >= 0.3 is 17.8 Å². The summed E-state index contributed by atoms with van der Waals surface area (Å²) < 4.78 is 10.8. The van der Waals surface area contributed by atoms with Crippen LogP contribution in [0.1, 0.15) is 43.7 Å². The van der Waals surface area contributed by atoms with Gasteiger partial charge < -0.3 is 9.47 Å². The van der Waals surface area contributed by atoms with Crippen LogP contribution in [0.2, 0.25) is 5.02 Å². The largest absolute Gasteiger partial charge is 0.467 e. The van der Waals surface area contributed by atoms with Crippen molar-refractivity contribution in [1.29, 1.82) is 0 Å². The minimum atomic E-state index is -0.793. The van der Waals surface area contributed by atoms with E-state index < -0.39 is 17.8 Å². The molecule has 0 unspecified atom stereocenters. The first kappa shape index (κ1) is 18.3. The molecule has 1 aromatic rings. The van der Waals surface area contributed by atoms with E-state index in [1.54, 1.807) is 12.1 Å². The number of rotatable bonds is 3. The molecule has 0 aromatic heterocycles. The van der Waals surface area contributed by atoms with Gasteiger partial charge in [-0.05, 0) is 30.9 Å². The molecule has 7 nitrogen and oxygen atoms in total. The summed E-state index contributed by atoms with van der Waals surface area (Å²) in [5, 5.41) is 0.459. The van der Waals surface area contributed by atoms with E-state index in [0.717, 1.165) is 41.0 Å². The van der Waals surface area contributed by atoms with Crippen LogP contribution in [-0.2, 0) is 27.5 Å². The van der Waals surface area contributed by atoms with Gasteiger partial charge in [-0.1, -0.05) is 31.4 Å². The first-order valence-electron chi connectivity index (χ1n) is 9.18. The minimum absolute atomic E-state index is 0.0517. The first-order valence-corrected chi connectivity index (χ1v) is 9.56. The zero-order chi connectivity index (χ0) is 19.1. The topological polar surface area (TPSA) is 76.2 Å². The summed E-state index contributed by atoms with van der Waals surface area (Å²) in [6.07, 6.45) is 3.73. The van der Waals surface area contributed by atoms with Crippen LogP contribution in [0.15, 0.2) is 12.1 Å². The summed E-state index contributed by atoms with van der Waals surface area (Å²) in [4.78, 5) is 40.2. The van der Waals surface area contributed by atoms with Crippen molar-refractivity contribution in [3.05, 3.63) is 28.3 Å². The van der Waals surface area contributed by atoms with E-state index in [1.165, 1.54) is 0 Å². The summed E-state index contributed by atoms with van der Waals surface area (Å²) in [6, 6.07) is 2.62. The maximum absolute atomic E-state index is 12.9. The number of imide groups is 2. The van der Waals surface area contributed by atoms with Crippen LogP contribution in [0, 0.1) is 5.92 Å². The van der Waals surface area contributed by atoms with E-state index in [0.29, 0.717) is 22.9 Å². The van der Waals surface area contributed by atoms with Crippen molar-refractivity contribution in [3.8, 4) is 5.75 Å². The number of fused-ring (bicyclic) bond motifs is 1. The number of benzene rings is 1. The SMILES string of the molecule is C[C@@H]1CCCC[C@H]1N1C(=O)C(=O)N(Cc2cc(Cl)cc3c2OCOC3)C1=O. The van der Waals surface area contributed by atoms with Crippen LogP contribution in [0.5, 0.6) is 5.75 Å². The number of hydrogen-bond donors (Lipinski definition) is 0. The van der Waals surface area contributed by atoms with Crippen molar-refractivity contribution in [2.75, 3.05) is 6.79 Å². The highest BCUT2D eigenvalue weighted by Crippen LogP contribution is 2.35. The molecule has 1 aliphatic carbocycles. The first-order chi connectivity index (χ1) is 13.0. The lowest BCUT2D eigenvalue weighted by molar-refractivity contribution is -0.144. The molecule has 8 heteroatoms. The molecule has 0 radical (unpaired) electrons. The Bertz CT molecular complexity index is 812. The molecular formula is C19H21ClN2O5. The lowest BCUT2D eigenvalue weighted by Crippen LogP contribution is -2.46. The number of ether oxygens (including phenoxy) is 2. The second kappa shape index (κ2) is 7.13. The fraction of sp³-hybridized carbons (Fsp3) is 0.526. The predicted octanol–water partition coefficient (Wildman–Crippen LogP) is 3.08. The van der Waals surface area contributed by atoms with E-state index in [9.17, 15) is 14.4 Å². The summed E-state index contributed by atoms with van der Waals surface area (Å²) in [7, 11) is 0. The molecule has 1 saturated heterocycles. The molecule has 1 aromatic carbocycles. The Hall–Kier alpha value is -2.12. The van der Waals surface area contributed by atoms with Gasteiger partial charge in [-0.3, -0.25) is 19.4 Å². The van der Waals surface area contributed by atoms with E-state index in [4.69, 9.17) is 21.1 Å². The second-order valence-electron chi connectivity index (χ2n) is 7.34. The van der Waals surface area contributed by atoms with Gasteiger partial charge in [-0.2, -0.15) is 0 Å². The highest BCUT2D eigenvalue weighted by Gasteiger charge is 2.49.